The first kappa shape index (κ1) is 16.2. The maximum absolute atomic E-state index is 12.2. The highest BCUT2D eigenvalue weighted by atomic mass is 32.2. The van der Waals surface area contributed by atoms with Gasteiger partial charge < -0.3 is 4.90 Å². The lowest BCUT2D eigenvalue weighted by Crippen LogP contribution is -2.40. The van der Waals surface area contributed by atoms with Gasteiger partial charge in [0.2, 0.25) is 10.0 Å². The SMILES string of the molecule is O=S(=O)(NCCN1CCC[C@@H](c2ccn[nH]2)C1)c1ccccc1. The minimum atomic E-state index is -3.41. The number of benzene rings is 1. The molecule has 0 bridgehead atoms. The molecule has 0 radical (unpaired) electrons. The highest BCUT2D eigenvalue weighted by molar-refractivity contribution is 7.89. The van der Waals surface area contributed by atoms with Crippen LogP contribution in [0.5, 0.6) is 0 Å². The van der Waals surface area contributed by atoms with Gasteiger partial charge in [-0.1, -0.05) is 18.2 Å². The zero-order valence-corrected chi connectivity index (χ0v) is 13.8. The van der Waals surface area contributed by atoms with Crippen LogP contribution in [-0.4, -0.2) is 49.7 Å². The zero-order valence-electron chi connectivity index (χ0n) is 13.0. The lowest BCUT2D eigenvalue weighted by atomic mass is 9.95. The van der Waals surface area contributed by atoms with E-state index in [0.717, 1.165) is 32.5 Å². The minimum absolute atomic E-state index is 0.314. The molecule has 7 heteroatoms. The average molecular weight is 334 g/mol. The molecule has 0 amide bonds. The summed E-state index contributed by atoms with van der Waals surface area (Å²) in [6.07, 6.45) is 4.05. The number of sulfonamides is 1. The van der Waals surface area contributed by atoms with Gasteiger partial charge >= 0.3 is 0 Å². The number of nitrogens with one attached hydrogen (secondary N) is 2. The van der Waals surface area contributed by atoms with Gasteiger partial charge in [0.25, 0.3) is 0 Å². The molecule has 1 aliphatic heterocycles. The number of piperidine rings is 1. The maximum atomic E-state index is 12.2. The Hall–Kier alpha value is -1.70. The van der Waals surface area contributed by atoms with Crippen LogP contribution in [-0.2, 0) is 10.0 Å². The lowest BCUT2D eigenvalue weighted by molar-refractivity contribution is 0.209. The lowest BCUT2D eigenvalue weighted by Gasteiger charge is -2.32. The molecule has 3 rings (SSSR count). The average Bonchev–Trinajstić information content (AvgIpc) is 3.10. The summed E-state index contributed by atoms with van der Waals surface area (Å²) in [4.78, 5) is 2.62. The molecule has 1 aliphatic rings. The monoisotopic (exact) mass is 334 g/mol. The Balaban J connectivity index is 1.51. The molecule has 124 valence electrons. The number of likely N-dealkylation sites (tertiary alicyclic amines) is 1. The number of hydrogen-bond donors (Lipinski definition) is 2. The van der Waals surface area contributed by atoms with E-state index in [-0.39, 0.29) is 0 Å². The van der Waals surface area contributed by atoms with Crippen molar-refractivity contribution in [3.05, 3.63) is 48.3 Å². The molecule has 2 heterocycles. The second-order valence-electron chi connectivity index (χ2n) is 5.86. The van der Waals surface area contributed by atoms with Crippen LogP contribution in [0.1, 0.15) is 24.5 Å². The predicted octanol–water partition coefficient (Wildman–Crippen LogP) is 1.57. The second kappa shape index (κ2) is 7.25. The molecule has 0 saturated carbocycles. The molecule has 2 aromatic rings. The van der Waals surface area contributed by atoms with Crippen LogP contribution in [0.2, 0.25) is 0 Å². The Bertz CT molecular complexity index is 701. The number of nitrogens with zero attached hydrogens (tertiary/aromatic N) is 2. The fourth-order valence-corrected chi connectivity index (χ4v) is 4.07. The molecule has 1 saturated heterocycles. The highest BCUT2D eigenvalue weighted by Crippen LogP contribution is 2.24. The molecule has 1 aromatic heterocycles. The van der Waals surface area contributed by atoms with Gasteiger partial charge in [-0.05, 0) is 37.6 Å². The molecule has 0 aliphatic carbocycles. The normalized spacial score (nSPS) is 19.7. The van der Waals surface area contributed by atoms with Crippen LogP contribution >= 0.6 is 0 Å². The summed E-state index contributed by atoms with van der Waals surface area (Å²) in [7, 11) is -3.41. The van der Waals surface area contributed by atoms with Gasteiger partial charge in [-0.3, -0.25) is 5.10 Å². The molecule has 1 fully saturated rings. The summed E-state index contributed by atoms with van der Waals surface area (Å²) in [6.45, 7) is 3.09. The van der Waals surface area contributed by atoms with E-state index >= 15 is 0 Å². The minimum Gasteiger partial charge on any atom is -0.301 e. The van der Waals surface area contributed by atoms with Crippen LogP contribution in [0, 0.1) is 0 Å². The van der Waals surface area contributed by atoms with Crippen molar-refractivity contribution < 1.29 is 8.42 Å². The number of aromatic amines is 1. The zero-order chi connectivity index (χ0) is 16.1. The van der Waals surface area contributed by atoms with Gasteiger partial charge in [-0.25, -0.2) is 13.1 Å². The largest absolute Gasteiger partial charge is 0.301 e. The van der Waals surface area contributed by atoms with Crippen molar-refractivity contribution in [1.82, 2.24) is 19.8 Å². The fourth-order valence-electron chi connectivity index (χ4n) is 3.03. The molecule has 0 unspecified atom stereocenters. The first-order valence-electron chi connectivity index (χ1n) is 7.91. The third kappa shape index (κ3) is 4.19. The van der Waals surface area contributed by atoms with Crippen molar-refractivity contribution in [3.63, 3.8) is 0 Å². The highest BCUT2D eigenvalue weighted by Gasteiger charge is 2.22. The van der Waals surface area contributed by atoms with Gasteiger partial charge in [-0.15, -0.1) is 0 Å². The summed E-state index contributed by atoms with van der Waals surface area (Å²) in [6, 6.07) is 10.5. The van der Waals surface area contributed by atoms with Crippen LogP contribution in [0.4, 0.5) is 0 Å². The van der Waals surface area contributed by atoms with E-state index in [2.05, 4.69) is 19.8 Å². The standard InChI is InChI=1S/C16H22N4O2S/c21-23(22,15-6-2-1-3-7-15)18-10-12-20-11-4-5-14(13-20)16-8-9-17-19-16/h1-3,6-9,14,18H,4-5,10-13H2,(H,17,19)/t14-/m1/s1. The van der Waals surface area contributed by atoms with Crippen molar-refractivity contribution in [1.29, 1.82) is 0 Å². The van der Waals surface area contributed by atoms with Crippen molar-refractivity contribution in [2.45, 2.75) is 23.7 Å². The van der Waals surface area contributed by atoms with Crippen molar-refractivity contribution in [2.75, 3.05) is 26.2 Å². The van der Waals surface area contributed by atoms with Gasteiger partial charge in [0, 0.05) is 37.4 Å². The molecule has 1 atom stereocenters. The molecule has 6 nitrogen and oxygen atoms in total. The maximum Gasteiger partial charge on any atom is 0.240 e. The molecular formula is C16H22N4O2S. The van der Waals surface area contributed by atoms with Crippen LogP contribution in [0.25, 0.3) is 0 Å². The van der Waals surface area contributed by atoms with Crippen LogP contribution in [0.3, 0.4) is 0 Å². The Morgan fingerprint density at radius 3 is 2.83 bits per heavy atom. The van der Waals surface area contributed by atoms with Gasteiger partial charge in [0.15, 0.2) is 0 Å². The summed E-state index contributed by atoms with van der Waals surface area (Å²) in [5, 5.41) is 7.06. The Morgan fingerprint density at radius 2 is 2.09 bits per heavy atom. The Kier molecular flexibility index (Phi) is 5.09. The number of H-pyrrole nitrogens is 1. The molecule has 23 heavy (non-hydrogen) atoms. The third-order valence-electron chi connectivity index (χ3n) is 4.24. The Labute approximate surface area is 137 Å². The molecule has 1 aromatic carbocycles. The van der Waals surface area contributed by atoms with Gasteiger partial charge in [0.1, 0.15) is 0 Å². The van der Waals surface area contributed by atoms with E-state index in [1.807, 2.05) is 12.1 Å². The predicted molar refractivity (Wildman–Crippen MR) is 88.6 cm³/mol. The second-order valence-corrected chi connectivity index (χ2v) is 7.63. The molecular weight excluding hydrogens is 312 g/mol. The number of aromatic nitrogens is 2. The number of hydrogen-bond acceptors (Lipinski definition) is 4. The van der Waals surface area contributed by atoms with Crippen LogP contribution in [0.15, 0.2) is 47.5 Å². The van der Waals surface area contributed by atoms with E-state index in [0.29, 0.717) is 17.4 Å². The van der Waals surface area contributed by atoms with E-state index in [9.17, 15) is 8.42 Å². The van der Waals surface area contributed by atoms with Crippen molar-refractivity contribution >= 4 is 10.0 Å². The summed E-state index contributed by atoms with van der Waals surface area (Å²) in [5.41, 5.74) is 1.17. The van der Waals surface area contributed by atoms with E-state index in [1.54, 1.807) is 30.5 Å². The summed E-state index contributed by atoms with van der Waals surface area (Å²) in [5.74, 6) is 0.456. The molecule has 2 N–H and O–H groups in total. The first-order chi connectivity index (χ1) is 11.1. The van der Waals surface area contributed by atoms with E-state index in [4.69, 9.17) is 0 Å². The quantitative estimate of drug-likeness (QED) is 0.840. The van der Waals surface area contributed by atoms with E-state index in [1.165, 1.54) is 5.69 Å². The summed E-state index contributed by atoms with van der Waals surface area (Å²) < 4.78 is 27.0. The first-order valence-corrected chi connectivity index (χ1v) is 9.40. The summed E-state index contributed by atoms with van der Waals surface area (Å²) >= 11 is 0. The third-order valence-corrected chi connectivity index (χ3v) is 5.72. The van der Waals surface area contributed by atoms with Crippen LogP contribution < -0.4 is 4.72 Å². The topological polar surface area (TPSA) is 78.1 Å². The van der Waals surface area contributed by atoms with Gasteiger partial charge in [0.05, 0.1) is 4.90 Å². The van der Waals surface area contributed by atoms with Crippen molar-refractivity contribution in [3.8, 4) is 0 Å². The fraction of sp³-hybridized carbons (Fsp3) is 0.438. The van der Waals surface area contributed by atoms with E-state index < -0.39 is 10.0 Å². The Morgan fingerprint density at radius 1 is 1.26 bits per heavy atom. The smallest absolute Gasteiger partial charge is 0.240 e. The van der Waals surface area contributed by atoms with Crippen molar-refractivity contribution in [2.24, 2.45) is 0 Å². The van der Waals surface area contributed by atoms with Gasteiger partial charge in [-0.2, -0.15) is 5.10 Å². The molecule has 0 spiro atoms. The number of rotatable bonds is 6.